The van der Waals surface area contributed by atoms with Gasteiger partial charge in [-0.25, -0.2) is 8.78 Å². The van der Waals surface area contributed by atoms with Gasteiger partial charge in [-0.05, 0) is 53.9 Å². The summed E-state index contributed by atoms with van der Waals surface area (Å²) in [6.45, 7) is 1.64. The van der Waals surface area contributed by atoms with E-state index < -0.39 is 41.0 Å². The van der Waals surface area contributed by atoms with E-state index >= 15 is 0 Å². The molecule has 0 saturated heterocycles. The molecule has 0 saturated carbocycles. The number of amides is 1. The number of halogens is 5. The fourth-order valence-corrected chi connectivity index (χ4v) is 4.16. The van der Waals surface area contributed by atoms with E-state index in [0.717, 1.165) is 16.7 Å². The van der Waals surface area contributed by atoms with Gasteiger partial charge in [0.05, 0.1) is 17.8 Å². The smallest absolute Gasteiger partial charge is 0.352 e. The second-order valence-electron chi connectivity index (χ2n) is 8.58. The van der Waals surface area contributed by atoms with Crippen molar-refractivity contribution in [2.24, 2.45) is 0 Å². The molecule has 198 valence electrons. The standard InChI is InChI=1S/C29H20F5N3O2/c1-2-36-27(38)20-8-4-6-18(12-20)17-5-3-7-19(11-17)26-14-24(29(32,33)34)23(15-35)28(39)37(26)16-21-9-10-22(30)13-25(21)31/h3-14H,2,16H2,1H3,(H,36,38). The molecule has 0 spiro atoms. The lowest BCUT2D eigenvalue weighted by molar-refractivity contribution is -0.137. The topological polar surface area (TPSA) is 74.9 Å². The van der Waals surface area contributed by atoms with Crippen molar-refractivity contribution < 1.29 is 26.7 Å². The van der Waals surface area contributed by atoms with Crippen LogP contribution in [0.2, 0.25) is 0 Å². The average Bonchev–Trinajstić information content (AvgIpc) is 2.90. The maximum Gasteiger partial charge on any atom is 0.417 e. The summed E-state index contributed by atoms with van der Waals surface area (Å²) in [6.07, 6.45) is -5.02. The van der Waals surface area contributed by atoms with E-state index in [1.807, 2.05) is 0 Å². The molecule has 5 nitrogen and oxygen atoms in total. The number of carbonyl (C=O) groups is 1. The molecule has 39 heavy (non-hydrogen) atoms. The second kappa shape index (κ2) is 10.9. The quantitative estimate of drug-likeness (QED) is 0.300. The lowest BCUT2D eigenvalue weighted by Crippen LogP contribution is -2.29. The molecular weight excluding hydrogens is 517 g/mol. The molecule has 3 aromatic carbocycles. The molecule has 0 aliphatic heterocycles. The second-order valence-corrected chi connectivity index (χ2v) is 8.58. The van der Waals surface area contributed by atoms with Gasteiger partial charge in [0.25, 0.3) is 11.5 Å². The minimum absolute atomic E-state index is 0.158. The number of rotatable bonds is 6. The van der Waals surface area contributed by atoms with E-state index in [2.05, 4.69) is 5.32 Å². The largest absolute Gasteiger partial charge is 0.417 e. The van der Waals surface area contributed by atoms with Crippen molar-refractivity contribution in [3.63, 3.8) is 0 Å². The Labute approximate surface area is 219 Å². The van der Waals surface area contributed by atoms with Crippen LogP contribution in [-0.4, -0.2) is 17.0 Å². The van der Waals surface area contributed by atoms with Crippen LogP contribution >= 0.6 is 0 Å². The maximum absolute atomic E-state index is 14.5. The Balaban J connectivity index is 1.92. The van der Waals surface area contributed by atoms with Gasteiger partial charge in [-0.15, -0.1) is 0 Å². The van der Waals surface area contributed by atoms with Gasteiger partial charge in [0.1, 0.15) is 23.3 Å². The Hall–Kier alpha value is -4.78. The van der Waals surface area contributed by atoms with E-state index in [9.17, 15) is 36.8 Å². The first kappa shape index (κ1) is 27.3. The van der Waals surface area contributed by atoms with E-state index in [-0.39, 0.29) is 22.7 Å². The first-order chi connectivity index (χ1) is 18.5. The predicted octanol–water partition coefficient (Wildman–Crippen LogP) is 6.15. The molecule has 0 fully saturated rings. The molecule has 0 aliphatic rings. The van der Waals surface area contributed by atoms with E-state index in [0.29, 0.717) is 35.4 Å². The van der Waals surface area contributed by atoms with Crippen LogP contribution in [0.25, 0.3) is 22.4 Å². The highest BCUT2D eigenvalue weighted by molar-refractivity contribution is 5.95. The lowest BCUT2D eigenvalue weighted by Gasteiger charge is -2.18. The molecule has 0 aliphatic carbocycles. The third kappa shape index (κ3) is 5.72. The van der Waals surface area contributed by atoms with Gasteiger partial charge in [-0.1, -0.05) is 36.4 Å². The summed E-state index contributed by atoms with van der Waals surface area (Å²) in [5, 5.41) is 12.1. The number of nitrogens with zero attached hydrogens (tertiary/aromatic N) is 2. The molecule has 1 amide bonds. The predicted molar refractivity (Wildman–Crippen MR) is 135 cm³/mol. The Morgan fingerprint density at radius 3 is 2.26 bits per heavy atom. The number of aromatic nitrogens is 1. The van der Waals surface area contributed by atoms with Crippen molar-refractivity contribution in [2.75, 3.05) is 6.54 Å². The monoisotopic (exact) mass is 537 g/mol. The van der Waals surface area contributed by atoms with Crippen LogP contribution in [0.15, 0.2) is 77.6 Å². The number of carbonyl (C=O) groups excluding carboxylic acids is 1. The summed E-state index contributed by atoms with van der Waals surface area (Å²) in [7, 11) is 0. The lowest BCUT2D eigenvalue weighted by atomic mass is 9.98. The van der Waals surface area contributed by atoms with Crippen molar-refractivity contribution in [3.05, 3.63) is 117 Å². The van der Waals surface area contributed by atoms with E-state index in [1.165, 1.54) is 18.2 Å². The number of benzene rings is 3. The zero-order valence-electron chi connectivity index (χ0n) is 20.4. The van der Waals surface area contributed by atoms with Crippen molar-refractivity contribution in [1.29, 1.82) is 5.26 Å². The van der Waals surface area contributed by atoms with Gasteiger partial charge in [0.15, 0.2) is 0 Å². The van der Waals surface area contributed by atoms with Crippen molar-refractivity contribution >= 4 is 5.91 Å². The highest BCUT2D eigenvalue weighted by Crippen LogP contribution is 2.35. The highest BCUT2D eigenvalue weighted by Gasteiger charge is 2.36. The molecule has 10 heteroatoms. The average molecular weight is 537 g/mol. The molecule has 4 rings (SSSR count). The van der Waals surface area contributed by atoms with Gasteiger partial charge in [-0.3, -0.25) is 9.59 Å². The van der Waals surface area contributed by atoms with Crippen LogP contribution < -0.4 is 10.9 Å². The van der Waals surface area contributed by atoms with Gasteiger partial charge < -0.3 is 9.88 Å². The first-order valence-electron chi connectivity index (χ1n) is 11.7. The van der Waals surface area contributed by atoms with Crippen molar-refractivity contribution in [2.45, 2.75) is 19.6 Å². The van der Waals surface area contributed by atoms with Crippen molar-refractivity contribution in [3.8, 4) is 28.5 Å². The van der Waals surface area contributed by atoms with Gasteiger partial charge >= 0.3 is 6.18 Å². The fraction of sp³-hybridized carbons (Fsp3) is 0.138. The number of alkyl halides is 3. The first-order valence-corrected chi connectivity index (χ1v) is 11.7. The van der Waals surface area contributed by atoms with Crippen LogP contribution in [0, 0.1) is 23.0 Å². The van der Waals surface area contributed by atoms with Gasteiger partial charge in [0, 0.05) is 23.7 Å². The van der Waals surface area contributed by atoms with E-state index in [1.54, 1.807) is 43.3 Å². The molecule has 0 bridgehead atoms. The minimum Gasteiger partial charge on any atom is -0.352 e. The normalized spacial score (nSPS) is 11.2. The van der Waals surface area contributed by atoms with Crippen LogP contribution in [0.1, 0.15) is 34.0 Å². The molecular formula is C29H20F5N3O2. The number of pyridine rings is 1. The minimum atomic E-state index is -5.02. The maximum atomic E-state index is 14.5. The summed E-state index contributed by atoms with van der Waals surface area (Å²) in [4.78, 5) is 25.5. The van der Waals surface area contributed by atoms with Crippen molar-refractivity contribution in [1.82, 2.24) is 9.88 Å². The van der Waals surface area contributed by atoms with Gasteiger partial charge in [-0.2, -0.15) is 18.4 Å². The zero-order valence-corrected chi connectivity index (χ0v) is 20.4. The highest BCUT2D eigenvalue weighted by atomic mass is 19.4. The Morgan fingerprint density at radius 2 is 1.62 bits per heavy atom. The molecule has 1 aromatic heterocycles. The number of hydrogen-bond donors (Lipinski definition) is 1. The third-order valence-electron chi connectivity index (χ3n) is 6.01. The number of nitriles is 1. The van der Waals surface area contributed by atoms with Crippen LogP contribution in [0.5, 0.6) is 0 Å². The summed E-state index contributed by atoms with van der Waals surface area (Å²) in [5.41, 5.74) is -2.55. The van der Waals surface area contributed by atoms with Crippen LogP contribution in [0.3, 0.4) is 0 Å². The molecule has 4 aromatic rings. The number of hydrogen-bond acceptors (Lipinski definition) is 3. The molecule has 0 atom stereocenters. The zero-order chi connectivity index (χ0) is 28.3. The van der Waals surface area contributed by atoms with Gasteiger partial charge in [0.2, 0.25) is 0 Å². The summed E-state index contributed by atoms with van der Waals surface area (Å²) in [5.74, 6) is -2.16. The summed E-state index contributed by atoms with van der Waals surface area (Å²) >= 11 is 0. The van der Waals surface area contributed by atoms with E-state index in [4.69, 9.17) is 0 Å². The van der Waals surface area contributed by atoms with Crippen LogP contribution in [0.4, 0.5) is 22.0 Å². The molecule has 0 unspecified atom stereocenters. The third-order valence-corrected chi connectivity index (χ3v) is 6.01. The Kier molecular flexibility index (Phi) is 7.63. The molecule has 1 heterocycles. The SMILES string of the molecule is CCNC(=O)c1cccc(-c2cccc(-c3cc(C(F)(F)F)c(C#N)c(=O)n3Cc3ccc(F)cc3F)c2)c1. The summed E-state index contributed by atoms with van der Waals surface area (Å²) < 4.78 is 70.4. The molecule has 0 radical (unpaired) electrons. The Bertz CT molecular complexity index is 1670. The summed E-state index contributed by atoms with van der Waals surface area (Å²) in [6, 6.07) is 17.4. The number of nitrogens with one attached hydrogen (secondary N) is 1. The van der Waals surface area contributed by atoms with Crippen LogP contribution in [-0.2, 0) is 12.7 Å². The fourth-order valence-electron chi connectivity index (χ4n) is 4.16. The molecule has 1 N–H and O–H groups in total. The Morgan fingerprint density at radius 1 is 0.949 bits per heavy atom.